The van der Waals surface area contributed by atoms with E-state index in [1.54, 1.807) is 6.20 Å². The summed E-state index contributed by atoms with van der Waals surface area (Å²) in [5, 5.41) is 9.47. The average Bonchev–Trinajstić information content (AvgIpc) is 3.39. The number of pyridine rings is 1. The highest BCUT2D eigenvalue weighted by Gasteiger charge is 2.31. The highest BCUT2D eigenvalue weighted by atomic mass is 32.1. The van der Waals surface area contributed by atoms with E-state index in [1.807, 2.05) is 53.6 Å². The maximum atomic E-state index is 12.8. The number of likely N-dealkylation sites (tertiary alicyclic amines) is 1. The number of nitrogens with one attached hydrogen (secondary N) is 1. The standard InChI is InChI=1S/C21H25N5OS/c1-25-13-16(12-23-25)14-26-10-4-6-17(15-26)20(18-7-2-3-9-22-18)24-21(27)19-8-5-11-28-19/h2-3,5,7-9,11-13,17,20H,4,6,10,14-15H2,1H3,(H,24,27)/t17-,20+/m0/s1. The van der Waals surface area contributed by atoms with E-state index in [2.05, 4.69) is 26.5 Å². The molecule has 0 unspecified atom stereocenters. The number of hydrogen-bond donors (Lipinski definition) is 1. The summed E-state index contributed by atoms with van der Waals surface area (Å²) in [6.45, 7) is 2.89. The van der Waals surface area contributed by atoms with Crippen LogP contribution in [0.15, 0.2) is 54.3 Å². The van der Waals surface area contributed by atoms with Crippen LogP contribution in [0.2, 0.25) is 0 Å². The second kappa shape index (κ2) is 8.67. The molecule has 1 fully saturated rings. The molecule has 2 atom stereocenters. The van der Waals surface area contributed by atoms with Gasteiger partial charge in [0.1, 0.15) is 0 Å². The fraction of sp³-hybridized carbons (Fsp3) is 0.381. The Balaban J connectivity index is 1.51. The van der Waals surface area contributed by atoms with Crippen LogP contribution in [0.3, 0.4) is 0 Å². The van der Waals surface area contributed by atoms with Gasteiger partial charge in [0.25, 0.3) is 5.91 Å². The van der Waals surface area contributed by atoms with Crippen LogP contribution in [0.4, 0.5) is 0 Å². The monoisotopic (exact) mass is 395 g/mol. The molecule has 1 aliphatic rings. The van der Waals surface area contributed by atoms with Gasteiger partial charge in [0, 0.05) is 38.1 Å². The van der Waals surface area contributed by atoms with Crippen molar-refractivity contribution in [1.82, 2.24) is 25.0 Å². The van der Waals surface area contributed by atoms with Gasteiger partial charge in [0.15, 0.2) is 0 Å². The molecule has 3 aromatic rings. The number of piperidine rings is 1. The van der Waals surface area contributed by atoms with Crippen molar-refractivity contribution >= 4 is 17.2 Å². The van der Waals surface area contributed by atoms with Gasteiger partial charge >= 0.3 is 0 Å². The minimum absolute atomic E-state index is 0.0185. The third-order valence-corrected chi connectivity index (χ3v) is 6.08. The molecule has 0 saturated carbocycles. The number of rotatable bonds is 6. The Hall–Kier alpha value is -2.51. The highest BCUT2D eigenvalue weighted by molar-refractivity contribution is 7.12. The van der Waals surface area contributed by atoms with E-state index in [1.165, 1.54) is 16.9 Å². The van der Waals surface area contributed by atoms with Crippen molar-refractivity contribution in [3.63, 3.8) is 0 Å². The molecule has 4 rings (SSSR count). The van der Waals surface area contributed by atoms with Gasteiger partial charge in [-0.25, -0.2) is 0 Å². The van der Waals surface area contributed by atoms with Gasteiger partial charge in [-0.05, 0) is 48.9 Å². The van der Waals surface area contributed by atoms with Crippen LogP contribution in [0, 0.1) is 5.92 Å². The lowest BCUT2D eigenvalue weighted by atomic mass is 9.88. The van der Waals surface area contributed by atoms with Crippen molar-refractivity contribution in [3.05, 3.63) is 70.4 Å². The van der Waals surface area contributed by atoms with Crippen molar-refractivity contribution in [2.45, 2.75) is 25.4 Å². The first-order chi connectivity index (χ1) is 13.7. The van der Waals surface area contributed by atoms with Gasteiger partial charge in [-0.2, -0.15) is 5.10 Å². The zero-order chi connectivity index (χ0) is 19.3. The number of aryl methyl sites for hydroxylation is 1. The molecule has 4 heterocycles. The normalized spacial score (nSPS) is 18.7. The third kappa shape index (κ3) is 4.48. The van der Waals surface area contributed by atoms with Crippen molar-refractivity contribution < 1.29 is 4.79 Å². The smallest absolute Gasteiger partial charge is 0.261 e. The molecule has 1 amide bonds. The molecule has 6 nitrogen and oxygen atoms in total. The number of carbonyl (C=O) groups excluding carboxylic acids is 1. The fourth-order valence-corrected chi connectivity index (χ4v) is 4.56. The summed E-state index contributed by atoms with van der Waals surface area (Å²) in [5.41, 5.74) is 2.15. The quantitative estimate of drug-likeness (QED) is 0.696. The Labute approximate surface area is 169 Å². The van der Waals surface area contributed by atoms with Crippen LogP contribution in [-0.2, 0) is 13.6 Å². The van der Waals surface area contributed by atoms with Crippen LogP contribution in [0.5, 0.6) is 0 Å². The first-order valence-corrected chi connectivity index (χ1v) is 10.5. The molecule has 0 bridgehead atoms. The summed E-state index contributed by atoms with van der Waals surface area (Å²) < 4.78 is 1.84. The highest BCUT2D eigenvalue weighted by Crippen LogP contribution is 2.30. The SMILES string of the molecule is Cn1cc(CN2CCC[C@H]([C@@H](NC(=O)c3cccs3)c3ccccn3)C2)cn1. The van der Waals surface area contributed by atoms with Gasteiger partial charge in [-0.1, -0.05) is 12.1 Å². The van der Waals surface area contributed by atoms with E-state index in [0.29, 0.717) is 5.92 Å². The van der Waals surface area contributed by atoms with E-state index in [0.717, 1.165) is 43.0 Å². The molecule has 146 valence electrons. The van der Waals surface area contributed by atoms with Crippen LogP contribution in [0.1, 0.15) is 39.8 Å². The zero-order valence-electron chi connectivity index (χ0n) is 16.0. The molecular weight excluding hydrogens is 370 g/mol. The number of carbonyl (C=O) groups is 1. The van der Waals surface area contributed by atoms with Crippen molar-refractivity contribution in [2.24, 2.45) is 13.0 Å². The molecule has 28 heavy (non-hydrogen) atoms. The zero-order valence-corrected chi connectivity index (χ0v) is 16.8. The molecule has 0 aliphatic carbocycles. The first kappa shape index (κ1) is 18.8. The average molecular weight is 396 g/mol. The largest absolute Gasteiger partial charge is 0.343 e. The number of amides is 1. The Morgan fingerprint density at radius 1 is 1.36 bits per heavy atom. The molecular formula is C21H25N5OS. The Morgan fingerprint density at radius 3 is 3.00 bits per heavy atom. The molecule has 1 N–H and O–H groups in total. The Morgan fingerprint density at radius 2 is 2.29 bits per heavy atom. The van der Waals surface area contributed by atoms with E-state index >= 15 is 0 Å². The molecule has 1 saturated heterocycles. The number of thiophene rings is 1. The predicted molar refractivity (Wildman–Crippen MR) is 110 cm³/mol. The summed E-state index contributed by atoms with van der Waals surface area (Å²) in [6, 6.07) is 9.60. The lowest BCUT2D eigenvalue weighted by molar-refractivity contribution is 0.0879. The second-order valence-corrected chi connectivity index (χ2v) is 8.29. The van der Waals surface area contributed by atoms with E-state index < -0.39 is 0 Å². The third-order valence-electron chi connectivity index (χ3n) is 5.22. The molecule has 3 aromatic heterocycles. The van der Waals surface area contributed by atoms with E-state index in [9.17, 15) is 4.79 Å². The lowest BCUT2D eigenvalue weighted by Crippen LogP contribution is -2.42. The van der Waals surface area contributed by atoms with Crippen LogP contribution in [-0.4, -0.2) is 38.7 Å². The summed E-state index contributed by atoms with van der Waals surface area (Å²) in [7, 11) is 1.94. The summed E-state index contributed by atoms with van der Waals surface area (Å²) in [4.78, 5) is 20.5. The molecule has 0 spiro atoms. The fourth-order valence-electron chi connectivity index (χ4n) is 3.93. The second-order valence-electron chi connectivity index (χ2n) is 7.34. The van der Waals surface area contributed by atoms with Crippen LogP contribution in [0.25, 0.3) is 0 Å². The molecule has 0 aromatic carbocycles. The van der Waals surface area contributed by atoms with Crippen LogP contribution >= 0.6 is 11.3 Å². The van der Waals surface area contributed by atoms with Crippen molar-refractivity contribution in [1.29, 1.82) is 0 Å². The molecule has 7 heteroatoms. The summed E-state index contributed by atoms with van der Waals surface area (Å²) >= 11 is 1.47. The van der Waals surface area contributed by atoms with Gasteiger partial charge in [0.05, 0.1) is 22.8 Å². The maximum Gasteiger partial charge on any atom is 0.261 e. The lowest BCUT2D eigenvalue weighted by Gasteiger charge is -2.37. The van der Waals surface area contributed by atoms with Gasteiger partial charge in [-0.3, -0.25) is 19.4 Å². The maximum absolute atomic E-state index is 12.8. The topological polar surface area (TPSA) is 63.0 Å². The van der Waals surface area contributed by atoms with Crippen molar-refractivity contribution in [3.8, 4) is 0 Å². The first-order valence-electron chi connectivity index (χ1n) is 9.64. The van der Waals surface area contributed by atoms with Gasteiger partial charge < -0.3 is 5.32 Å². The summed E-state index contributed by atoms with van der Waals surface area (Å²) in [6.07, 6.45) is 7.99. The minimum Gasteiger partial charge on any atom is -0.343 e. The summed E-state index contributed by atoms with van der Waals surface area (Å²) in [5.74, 6) is 0.305. The molecule has 0 radical (unpaired) electrons. The molecule has 1 aliphatic heterocycles. The predicted octanol–water partition coefficient (Wildman–Crippen LogP) is 3.26. The van der Waals surface area contributed by atoms with Gasteiger partial charge in [0.2, 0.25) is 0 Å². The Kier molecular flexibility index (Phi) is 5.83. The minimum atomic E-state index is -0.0903. The number of nitrogens with zero attached hydrogens (tertiary/aromatic N) is 4. The van der Waals surface area contributed by atoms with Crippen LogP contribution < -0.4 is 5.32 Å². The Bertz CT molecular complexity index is 893. The van der Waals surface area contributed by atoms with E-state index in [4.69, 9.17) is 0 Å². The number of aromatic nitrogens is 3. The van der Waals surface area contributed by atoms with Crippen molar-refractivity contribution in [2.75, 3.05) is 13.1 Å². The number of hydrogen-bond acceptors (Lipinski definition) is 5. The van der Waals surface area contributed by atoms with E-state index in [-0.39, 0.29) is 11.9 Å². The van der Waals surface area contributed by atoms with Gasteiger partial charge in [-0.15, -0.1) is 11.3 Å².